The van der Waals surface area contributed by atoms with Crippen molar-refractivity contribution in [3.8, 4) is 5.75 Å². The quantitative estimate of drug-likeness (QED) is 0.821. The van der Waals surface area contributed by atoms with Gasteiger partial charge in [-0.25, -0.2) is 0 Å². The number of esters is 1. The summed E-state index contributed by atoms with van der Waals surface area (Å²) in [5.74, 6) is 1.67. The van der Waals surface area contributed by atoms with Gasteiger partial charge < -0.3 is 14.8 Å². The fourth-order valence-corrected chi connectivity index (χ4v) is 3.25. The monoisotopic (exact) mass is 303 g/mol. The van der Waals surface area contributed by atoms with Crippen molar-refractivity contribution in [3.05, 3.63) is 29.8 Å². The summed E-state index contributed by atoms with van der Waals surface area (Å²) >= 11 is 0. The molecule has 1 aliphatic heterocycles. The smallest absolute Gasteiger partial charge is 0.306 e. The zero-order valence-electron chi connectivity index (χ0n) is 13.2. The highest BCUT2D eigenvalue weighted by atomic mass is 16.5. The summed E-state index contributed by atoms with van der Waals surface area (Å²) in [4.78, 5) is 11.7. The van der Waals surface area contributed by atoms with E-state index in [4.69, 9.17) is 9.47 Å². The van der Waals surface area contributed by atoms with Gasteiger partial charge in [0.2, 0.25) is 0 Å². The van der Waals surface area contributed by atoms with Gasteiger partial charge in [-0.3, -0.25) is 4.79 Å². The molecule has 0 aromatic heterocycles. The first kappa shape index (κ1) is 15.3. The van der Waals surface area contributed by atoms with Gasteiger partial charge in [-0.2, -0.15) is 0 Å². The minimum absolute atomic E-state index is 0.125. The highest BCUT2D eigenvalue weighted by molar-refractivity contribution is 5.70. The number of carbonyl (C=O) groups is 1. The molecule has 0 spiro atoms. The zero-order valence-corrected chi connectivity index (χ0v) is 13.2. The second-order valence-electron chi connectivity index (χ2n) is 6.38. The Morgan fingerprint density at radius 2 is 2.23 bits per heavy atom. The Hall–Kier alpha value is -1.55. The van der Waals surface area contributed by atoms with E-state index < -0.39 is 0 Å². The molecule has 1 aliphatic carbocycles. The van der Waals surface area contributed by atoms with E-state index in [-0.39, 0.29) is 18.0 Å². The molecule has 1 aromatic carbocycles. The summed E-state index contributed by atoms with van der Waals surface area (Å²) in [5, 5.41) is 3.37. The van der Waals surface area contributed by atoms with Gasteiger partial charge in [-0.05, 0) is 61.8 Å². The molecule has 0 radical (unpaired) electrons. The summed E-state index contributed by atoms with van der Waals surface area (Å²) in [6, 6.07) is 8.27. The van der Waals surface area contributed by atoms with Crippen LogP contribution < -0.4 is 10.1 Å². The SMILES string of the molecule is COC(=O)C[C@H](c1cccc(O[C@@H]2CCCNC2)c1)C1CC1. The number of methoxy groups -OCH3 is 1. The Balaban J connectivity index is 1.69. The molecule has 1 aromatic rings. The first-order chi connectivity index (χ1) is 10.8. The van der Waals surface area contributed by atoms with E-state index in [9.17, 15) is 4.79 Å². The molecule has 2 atom stereocenters. The lowest BCUT2D eigenvalue weighted by Gasteiger charge is -2.24. The number of benzene rings is 1. The van der Waals surface area contributed by atoms with Gasteiger partial charge in [0.15, 0.2) is 0 Å². The lowest BCUT2D eigenvalue weighted by atomic mass is 9.91. The van der Waals surface area contributed by atoms with Gasteiger partial charge in [0.05, 0.1) is 13.5 Å². The van der Waals surface area contributed by atoms with Gasteiger partial charge in [-0.15, -0.1) is 0 Å². The number of piperidine rings is 1. The molecule has 0 unspecified atom stereocenters. The maximum absolute atomic E-state index is 11.7. The molecule has 4 nitrogen and oxygen atoms in total. The van der Waals surface area contributed by atoms with Crippen molar-refractivity contribution < 1.29 is 14.3 Å². The van der Waals surface area contributed by atoms with E-state index in [0.29, 0.717) is 12.3 Å². The standard InChI is InChI=1S/C18H25NO3/c1-21-18(20)11-17(13-7-8-13)14-4-2-5-15(10-14)22-16-6-3-9-19-12-16/h2,4-5,10,13,16-17,19H,3,6-9,11-12H2,1H3/t16-,17+/m1/s1. The predicted molar refractivity (Wildman–Crippen MR) is 85.1 cm³/mol. The Bertz CT molecular complexity index is 507. The summed E-state index contributed by atoms with van der Waals surface area (Å²) in [6.07, 6.45) is 5.40. The fraction of sp³-hybridized carbons (Fsp3) is 0.611. The van der Waals surface area contributed by atoms with E-state index in [0.717, 1.165) is 31.7 Å². The molecule has 1 heterocycles. The van der Waals surface area contributed by atoms with Crippen LogP contribution in [0.3, 0.4) is 0 Å². The van der Waals surface area contributed by atoms with Gasteiger partial charge >= 0.3 is 5.97 Å². The molecule has 2 fully saturated rings. The molecule has 0 amide bonds. The predicted octanol–water partition coefficient (Wildman–Crippen LogP) is 2.87. The maximum atomic E-state index is 11.7. The molecular weight excluding hydrogens is 278 g/mol. The molecule has 4 heteroatoms. The van der Waals surface area contributed by atoms with Crippen LogP contribution in [0, 0.1) is 5.92 Å². The van der Waals surface area contributed by atoms with Gasteiger partial charge in [0.1, 0.15) is 11.9 Å². The number of carbonyl (C=O) groups excluding carboxylic acids is 1. The molecule has 2 aliphatic rings. The summed E-state index contributed by atoms with van der Waals surface area (Å²) in [7, 11) is 1.46. The highest BCUT2D eigenvalue weighted by Crippen LogP contribution is 2.45. The van der Waals surface area contributed by atoms with Crippen LogP contribution in [0.4, 0.5) is 0 Å². The summed E-state index contributed by atoms with van der Waals surface area (Å²) in [6.45, 7) is 2.00. The lowest BCUT2D eigenvalue weighted by molar-refractivity contribution is -0.141. The first-order valence-electron chi connectivity index (χ1n) is 8.30. The summed E-state index contributed by atoms with van der Waals surface area (Å²) < 4.78 is 11.0. The third-order valence-electron chi connectivity index (χ3n) is 4.65. The minimum Gasteiger partial charge on any atom is -0.489 e. The number of nitrogens with one attached hydrogen (secondary N) is 1. The van der Waals surface area contributed by atoms with Gasteiger partial charge in [0.25, 0.3) is 0 Å². The normalized spacial score (nSPS) is 22.9. The second-order valence-corrected chi connectivity index (χ2v) is 6.38. The largest absolute Gasteiger partial charge is 0.489 e. The second kappa shape index (κ2) is 7.14. The minimum atomic E-state index is -0.125. The van der Waals surface area contributed by atoms with Crippen LogP contribution in [-0.2, 0) is 9.53 Å². The van der Waals surface area contributed by atoms with Crippen molar-refractivity contribution in [1.29, 1.82) is 0 Å². The highest BCUT2D eigenvalue weighted by Gasteiger charge is 2.34. The van der Waals surface area contributed by atoms with Crippen LogP contribution >= 0.6 is 0 Å². The molecule has 1 saturated heterocycles. The van der Waals surface area contributed by atoms with E-state index in [1.165, 1.54) is 25.5 Å². The molecule has 120 valence electrons. The van der Waals surface area contributed by atoms with Crippen molar-refractivity contribution in [2.45, 2.75) is 44.1 Å². The van der Waals surface area contributed by atoms with Gasteiger partial charge in [0, 0.05) is 6.54 Å². The van der Waals surface area contributed by atoms with E-state index in [2.05, 4.69) is 17.4 Å². The fourth-order valence-electron chi connectivity index (χ4n) is 3.25. The van der Waals surface area contributed by atoms with Crippen molar-refractivity contribution in [3.63, 3.8) is 0 Å². The van der Waals surface area contributed by atoms with Crippen molar-refractivity contribution >= 4 is 5.97 Å². The van der Waals surface area contributed by atoms with Crippen LogP contribution in [0.2, 0.25) is 0 Å². The van der Waals surface area contributed by atoms with Crippen LogP contribution in [0.1, 0.15) is 43.6 Å². The van der Waals surface area contributed by atoms with Crippen molar-refractivity contribution in [1.82, 2.24) is 5.32 Å². The van der Waals surface area contributed by atoms with Crippen molar-refractivity contribution in [2.24, 2.45) is 5.92 Å². The van der Waals surface area contributed by atoms with E-state index in [1.807, 2.05) is 12.1 Å². The number of rotatable bonds is 6. The van der Waals surface area contributed by atoms with Crippen LogP contribution in [0.25, 0.3) is 0 Å². The Labute approximate surface area is 132 Å². The average Bonchev–Trinajstić information content (AvgIpc) is 3.38. The van der Waals surface area contributed by atoms with Crippen LogP contribution in [-0.4, -0.2) is 32.3 Å². The maximum Gasteiger partial charge on any atom is 0.306 e. The van der Waals surface area contributed by atoms with Crippen molar-refractivity contribution in [2.75, 3.05) is 20.2 Å². The lowest BCUT2D eigenvalue weighted by Crippen LogP contribution is -2.37. The molecule has 1 saturated carbocycles. The zero-order chi connectivity index (χ0) is 15.4. The Kier molecular flexibility index (Phi) is 4.98. The number of hydrogen-bond acceptors (Lipinski definition) is 4. The van der Waals surface area contributed by atoms with E-state index in [1.54, 1.807) is 0 Å². The topological polar surface area (TPSA) is 47.6 Å². The molecule has 3 rings (SSSR count). The number of ether oxygens (including phenoxy) is 2. The third-order valence-corrected chi connectivity index (χ3v) is 4.65. The van der Waals surface area contributed by atoms with E-state index >= 15 is 0 Å². The summed E-state index contributed by atoms with van der Waals surface area (Å²) in [5.41, 5.74) is 1.20. The first-order valence-corrected chi connectivity index (χ1v) is 8.30. The Morgan fingerprint density at radius 3 is 2.91 bits per heavy atom. The average molecular weight is 303 g/mol. The number of hydrogen-bond donors (Lipinski definition) is 1. The molecule has 22 heavy (non-hydrogen) atoms. The Morgan fingerprint density at radius 1 is 1.36 bits per heavy atom. The molecule has 1 N–H and O–H groups in total. The van der Waals surface area contributed by atoms with Gasteiger partial charge in [-0.1, -0.05) is 12.1 Å². The molecular formula is C18H25NO3. The van der Waals surface area contributed by atoms with Crippen LogP contribution in [0.5, 0.6) is 5.75 Å². The third kappa shape index (κ3) is 4.01. The van der Waals surface area contributed by atoms with Crippen LogP contribution in [0.15, 0.2) is 24.3 Å². The molecule has 0 bridgehead atoms.